The molecule has 1 fully saturated rings. The lowest BCUT2D eigenvalue weighted by Gasteiger charge is -2.19. The maximum absolute atomic E-state index is 12.5. The summed E-state index contributed by atoms with van der Waals surface area (Å²) >= 11 is 0. The first-order valence-corrected chi connectivity index (χ1v) is 6.34. The zero-order valence-corrected chi connectivity index (χ0v) is 11.7. The highest BCUT2D eigenvalue weighted by molar-refractivity contribution is 5.85. The molecule has 1 unspecified atom stereocenters. The summed E-state index contributed by atoms with van der Waals surface area (Å²) in [5.41, 5.74) is -0.577. The van der Waals surface area contributed by atoms with Crippen molar-refractivity contribution in [2.75, 3.05) is 13.1 Å². The number of nitrogens with zero attached hydrogens (tertiary/aromatic N) is 2. The Hall–Kier alpha value is -1.54. The van der Waals surface area contributed by atoms with Crippen LogP contribution in [0.2, 0.25) is 0 Å². The van der Waals surface area contributed by atoms with Gasteiger partial charge in [-0.1, -0.05) is 5.16 Å². The van der Waals surface area contributed by atoms with Crippen LogP contribution in [0.5, 0.6) is 0 Å². The van der Waals surface area contributed by atoms with Gasteiger partial charge in [0.1, 0.15) is 5.69 Å². The first kappa shape index (κ1) is 15.8. The predicted octanol–water partition coefficient (Wildman–Crippen LogP) is 2.97. The highest BCUT2D eigenvalue weighted by Crippen LogP contribution is 2.32. The molecule has 1 aliphatic rings. The van der Waals surface area contributed by atoms with E-state index in [4.69, 9.17) is 4.52 Å². The van der Waals surface area contributed by atoms with Crippen LogP contribution >= 0.6 is 12.4 Å². The smallest absolute Gasteiger partial charge is 0.357 e. The Bertz CT molecular complexity index is 589. The molecular weight excluding hydrogens is 309 g/mol. The third-order valence-corrected chi connectivity index (χ3v) is 3.34. The molecule has 1 saturated heterocycles. The van der Waals surface area contributed by atoms with Crippen LogP contribution in [0, 0.1) is 0 Å². The van der Waals surface area contributed by atoms with Crippen LogP contribution < -0.4 is 5.32 Å². The Morgan fingerprint density at radius 1 is 1.33 bits per heavy atom. The number of aromatic nitrogens is 3. The molecular formula is C12H14ClF3N4O. The van der Waals surface area contributed by atoms with Crippen LogP contribution in [-0.4, -0.2) is 28.2 Å². The lowest BCUT2D eigenvalue weighted by molar-refractivity contribution is -0.137. The number of aromatic amines is 1. The predicted molar refractivity (Wildman–Crippen MR) is 71.2 cm³/mol. The summed E-state index contributed by atoms with van der Waals surface area (Å²) < 4.78 is 42.6. The molecule has 1 atom stereocenters. The molecule has 1 aliphatic heterocycles. The average Bonchev–Trinajstić information content (AvgIpc) is 3.08. The molecule has 0 bridgehead atoms. The maximum Gasteiger partial charge on any atom is 0.417 e. The van der Waals surface area contributed by atoms with E-state index in [0.29, 0.717) is 5.82 Å². The summed E-state index contributed by atoms with van der Waals surface area (Å²) in [7, 11) is 0. The van der Waals surface area contributed by atoms with Gasteiger partial charge in [-0.15, -0.1) is 12.4 Å². The summed E-state index contributed by atoms with van der Waals surface area (Å²) in [6.45, 7) is 1.73. The minimum Gasteiger partial charge on any atom is -0.357 e. The van der Waals surface area contributed by atoms with Gasteiger partial charge in [-0.25, -0.2) is 0 Å². The van der Waals surface area contributed by atoms with Gasteiger partial charge in [0.2, 0.25) is 0 Å². The largest absolute Gasteiger partial charge is 0.417 e. The van der Waals surface area contributed by atoms with E-state index in [-0.39, 0.29) is 29.9 Å². The molecule has 5 nitrogen and oxygen atoms in total. The van der Waals surface area contributed by atoms with E-state index in [0.717, 1.165) is 38.2 Å². The average molecular weight is 323 g/mol. The van der Waals surface area contributed by atoms with Crippen LogP contribution in [-0.2, 0) is 6.18 Å². The van der Waals surface area contributed by atoms with Gasteiger partial charge in [0.25, 0.3) is 5.89 Å². The van der Waals surface area contributed by atoms with Crippen LogP contribution in [0.1, 0.15) is 30.1 Å². The van der Waals surface area contributed by atoms with Gasteiger partial charge in [-0.3, -0.25) is 0 Å². The van der Waals surface area contributed by atoms with Gasteiger partial charge in [-0.2, -0.15) is 18.2 Å². The Balaban J connectivity index is 0.00000161. The maximum atomic E-state index is 12.5. The minimum absolute atomic E-state index is 0. The van der Waals surface area contributed by atoms with Crippen LogP contribution in [0.3, 0.4) is 0 Å². The van der Waals surface area contributed by atoms with E-state index in [1.807, 2.05) is 0 Å². The summed E-state index contributed by atoms with van der Waals surface area (Å²) in [5.74, 6) is 0.773. The van der Waals surface area contributed by atoms with Crippen molar-refractivity contribution in [2.24, 2.45) is 0 Å². The third-order valence-electron chi connectivity index (χ3n) is 3.34. The monoisotopic (exact) mass is 322 g/mol. The highest BCUT2D eigenvalue weighted by Gasteiger charge is 2.32. The molecule has 0 aromatic carbocycles. The Morgan fingerprint density at radius 2 is 2.14 bits per heavy atom. The first-order chi connectivity index (χ1) is 9.54. The van der Waals surface area contributed by atoms with E-state index in [1.165, 1.54) is 0 Å². The lowest BCUT2D eigenvalue weighted by Crippen LogP contribution is -2.28. The number of piperidine rings is 1. The van der Waals surface area contributed by atoms with Crippen molar-refractivity contribution in [3.63, 3.8) is 0 Å². The summed E-state index contributed by atoms with van der Waals surface area (Å²) in [6.07, 6.45) is -1.52. The quantitative estimate of drug-likeness (QED) is 0.892. The Morgan fingerprint density at radius 3 is 2.76 bits per heavy atom. The number of nitrogens with one attached hydrogen (secondary N) is 2. The number of halogens is 4. The molecule has 2 aromatic heterocycles. The molecule has 0 aliphatic carbocycles. The number of hydrogen-bond donors (Lipinski definition) is 2. The lowest BCUT2D eigenvalue weighted by atomic mass is 9.99. The molecule has 116 valence electrons. The number of rotatable bonds is 2. The van der Waals surface area contributed by atoms with E-state index in [1.54, 1.807) is 0 Å². The molecule has 0 radical (unpaired) electrons. The van der Waals surface area contributed by atoms with Crippen molar-refractivity contribution in [2.45, 2.75) is 24.9 Å². The number of hydrogen-bond acceptors (Lipinski definition) is 4. The molecule has 21 heavy (non-hydrogen) atoms. The normalized spacial score (nSPS) is 19.3. The Labute approximate surface area is 124 Å². The van der Waals surface area contributed by atoms with E-state index in [9.17, 15) is 13.2 Å². The zero-order valence-electron chi connectivity index (χ0n) is 10.9. The van der Waals surface area contributed by atoms with Gasteiger partial charge in [0, 0.05) is 18.7 Å². The van der Waals surface area contributed by atoms with Crippen LogP contribution in [0.25, 0.3) is 11.6 Å². The molecule has 2 aromatic rings. The summed E-state index contributed by atoms with van der Waals surface area (Å²) in [5, 5.41) is 7.09. The second-order valence-corrected chi connectivity index (χ2v) is 4.80. The molecule has 0 amide bonds. The summed E-state index contributed by atoms with van der Waals surface area (Å²) in [4.78, 5) is 6.70. The minimum atomic E-state index is -4.38. The Kier molecular flexibility index (Phi) is 4.58. The van der Waals surface area contributed by atoms with Gasteiger partial charge in [-0.05, 0) is 25.5 Å². The SMILES string of the molecule is Cl.FC(F)(F)c1c[nH]c(-c2nc(C3CCCNC3)no2)c1. The summed E-state index contributed by atoms with van der Waals surface area (Å²) in [6, 6.07) is 0.969. The molecule has 9 heteroatoms. The molecule has 3 heterocycles. The second-order valence-electron chi connectivity index (χ2n) is 4.80. The topological polar surface area (TPSA) is 66.7 Å². The van der Waals surface area contributed by atoms with Gasteiger partial charge >= 0.3 is 6.18 Å². The molecule has 0 saturated carbocycles. The van der Waals surface area contributed by atoms with E-state index < -0.39 is 11.7 Å². The molecule has 3 rings (SSSR count). The fourth-order valence-electron chi connectivity index (χ4n) is 2.26. The number of H-pyrrole nitrogens is 1. The van der Waals surface area contributed by atoms with Crippen LogP contribution in [0.4, 0.5) is 13.2 Å². The van der Waals surface area contributed by atoms with Gasteiger partial charge in [0.15, 0.2) is 5.82 Å². The molecule has 0 spiro atoms. The standard InChI is InChI=1S/C12H13F3N4O.ClH/c13-12(14,15)8-4-9(17-6-8)11-18-10(19-20-11)7-2-1-3-16-5-7;/h4,6-7,16-17H,1-3,5H2;1H. The zero-order chi connectivity index (χ0) is 14.2. The number of alkyl halides is 3. The van der Waals surface area contributed by atoms with Crippen molar-refractivity contribution in [3.05, 3.63) is 23.7 Å². The van der Waals surface area contributed by atoms with Crippen molar-refractivity contribution in [3.8, 4) is 11.6 Å². The van der Waals surface area contributed by atoms with Crippen molar-refractivity contribution >= 4 is 12.4 Å². The fourth-order valence-corrected chi connectivity index (χ4v) is 2.26. The van der Waals surface area contributed by atoms with E-state index >= 15 is 0 Å². The van der Waals surface area contributed by atoms with Gasteiger partial charge in [0.05, 0.1) is 5.56 Å². The fraction of sp³-hybridized carbons (Fsp3) is 0.500. The van der Waals surface area contributed by atoms with Crippen molar-refractivity contribution in [1.82, 2.24) is 20.4 Å². The molecule has 2 N–H and O–H groups in total. The van der Waals surface area contributed by atoms with Crippen LogP contribution in [0.15, 0.2) is 16.8 Å². The van der Waals surface area contributed by atoms with Crippen molar-refractivity contribution < 1.29 is 17.7 Å². The van der Waals surface area contributed by atoms with Gasteiger partial charge < -0.3 is 14.8 Å². The second kappa shape index (κ2) is 6.07. The van der Waals surface area contributed by atoms with Crippen molar-refractivity contribution in [1.29, 1.82) is 0 Å². The van der Waals surface area contributed by atoms with E-state index in [2.05, 4.69) is 20.4 Å². The third kappa shape index (κ3) is 3.38. The first-order valence-electron chi connectivity index (χ1n) is 6.34. The highest BCUT2D eigenvalue weighted by atomic mass is 35.5.